The highest BCUT2D eigenvalue weighted by Gasteiger charge is 2.16. The Kier molecular flexibility index (Phi) is 6.89. The molecule has 0 bridgehead atoms. The molecule has 120 valence electrons. The smallest absolute Gasteiger partial charge is 0.222 e. The van der Waals surface area contributed by atoms with E-state index in [0.717, 1.165) is 18.7 Å². The lowest BCUT2D eigenvalue weighted by atomic mass is 10.1. The van der Waals surface area contributed by atoms with Crippen LogP contribution < -0.4 is 0 Å². The number of likely N-dealkylation sites (N-methyl/N-ethyl adjacent to an activating group) is 1. The molecule has 1 heterocycles. The van der Waals surface area contributed by atoms with Gasteiger partial charge in [-0.3, -0.25) is 9.48 Å². The summed E-state index contributed by atoms with van der Waals surface area (Å²) in [6.45, 7) is 12.4. The number of carbonyl (C=O) groups is 1. The van der Waals surface area contributed by atoms with Crippen molar-refractivity contribution in [3.63, 3.8) is 0 Å². The summed E-state index contributed by atoms with van der Waals surface area (Å²) in [4.78, 5) is 13.8. The molecule has 0 unspecified atom stereocenters. The Labute approximate surface area is 127 Å². The molecule has 1 aromatic rings. The summed E-state index contributed by atoms with van der Waals surface area (Å²) < 4.78 is 2.05. The largest absolute Gasteiger partial charge is 0.395 e. The van der Waals surface area contributed by atoms with E-state index >= 15 is 0 Å². The number of hydrogen-bond acceptors (Lipinski definition) is 3. The summed E-state index contributed by atoms with van der Waals surface area (Å²) in [5, 5.41) is 13.6. The normalized spacial score (nSPS) is 11.2. The number of nitrogens with zero attached hydrogens (tertiary/aromatic N) is 3. The number of aryl methyl sites for hydroxylation is 1. The lowest BCUT2D eigenvalue weighted by Gasteiger charge is -2.19. The van der Waals surface area contributed by atoms with Gasteiger partial charge in [0.2, 0.25) is 5.91 Å². The quantitative estimate of drug-likeness (QED) is 0.797. The van der Waals surface area contributed by atoms with Gasteiger partial charge >= 0.3 is 0 Å². The van der Waals surface area contributed by atoms with Crippen LogP contribution in [0.2, 0.25) is 0 Å². The standard InChI is InChI=1S/C16H29N3O2/c1-6-18(9-10-20)16(21)8-7-15-13(4)17-19(14(15)5)11-12(2)3/h12,20H,6-11H2,1-5H3. The molecule has 5 nitrogen and oxygen atoms in total. The molecule has 1 aromatic heterocycles. The van der Waals surface area contributed by atoms with Crippen LogP contribution in [-0.4, -0.2) is 45.4 Å². The minimum absolute atomic E-state index is 0.0178. The number of aliphatic hydroxyl groups is 1. The van der Waals surface area contributed by atoms with Crippen molar-refractivity contribution in [1.29, 1.82) is 0 Å². The highest BCUT2D eigenvalue weighted by molar-refractivity contribution is 5.76. The first-order chi connectivity index (χ1) is 9.90. The van der Waals surface area contributed by atoms with E-state index in [2.05, 4.69) is 25.9 Å². The predicted molar refractivity (Wildman–Crippen MR) is 84.2 cm³/mol. The van der Waals surface area contributed by atoms with Gasteiger partial charge in [0.25, 0.3) is 0 Å². The number of hydrogen-bond donors (Lipinski definition) is 1. The fourth-order valence-corrected chi connectivity index (χ4v) is 2.59. The molecule has 5 heteroatoms. The van der Waals surface area contributed by atoms with Gasteiger partial charge in [0.05, 0.1) is 12.3 Å². The average molecular weight is 295 g/mol. The van der Waals surface area contributed by atoms with Crippen LogP contribution >= 0.6 is 0 Å². The van der Waals surface area contributed by atoms with Crippen molar-refractivity contribution in [1.82, 2.24) is 14.7 Å². The van der Waals surface area contributed by atoms with Crippen molar-refractivity contribution in [3.8, 4) is 0 Å². The van der Waals surface area contributed by atoms with Crippen LogP contribution in [0.25, 0.3) is 0 Å². The van der Waals surface area contributed by atoms with Crippen LogP contribution in [-0.2, 0) is 17.8 Å². The van der Waals surface area contributed by atoms with Crippen LogP contribution in [0.4, 0.5) is 0 Å². The number of aromatic nitrogens is 2. The van der Waals surface area contributed by atoms with Gasteiger partial charge in [0.1, 0.15) is 0 Å². The molecule has 0 radical (unpaired) electrons. The molecular weight excluding hydrogens is 266 g/mol. The van der Waals surface area contributed by atoms with Crippen molar-refractivity contribution in [3.05, 3.63) is 17.0 Å². The summed E-state index contributed by atoms with van der Waals surface area (Å²) in [6.07, 6.45) is 1.19. The molecular formula is C16H29N3O2. The molecule has 0 aliphatic heterocycles. The second-order valence-corrected chi connectivity index (χ2v) is 5.92. The highest BCUT2D eigenvalue weighted by atomic mass is 16.3. The van der Waals surface area contributed by atoms with Gasteiger partial charge in [-0.1, -0.05) is 13.8 Å². The molecule has 0 aromatic carbocycles. The minimum atomic E-state index is 0.0178. The maximum absolute atomic E-state index is 12.1. The first kappa shape index (κ1) is 17.7. The van der Waals surface area contributed by atoms with Crippen molar-refractivity contribution in [2.75, 3.05) is 19.7 Å². The topological polar surface area (TPSA) is 58.4 Å². The lowest BCUT2D eigenvalue weighted by molar-refractivity contribution is -0.131. The molecule has 0 atom stereocenters. The van der Waals surface area contributed by atoms with E-state index in [-0.39, 0.29) is 12.5 Å². The Morgan fingerprint density at radius 2 is 2.05 bits per heavy atom. The second-order valence-electron chi connectivity index (χ2n) is 5.92. The van der Waals surface area contributed by atoms with Crippen LogP contribution in [0, 0.1) is 19.8 Å². The predicted octanol–water partition coefficient (Wildman–Crippen LogP) is 1.93. The monoisotopic (exact) mass is 295 g/mol. The molecule has 0 aliphatic rings. The Balaban J connectivity index is 2.71. The summed E-state index contributed by atoms with van der Waals surface area (Å²) in [5.74, 6) is 0.652. The van der Waals surface area contributed by atoms with Crippen LogP contribution in [0.1, 0.15) is 44.1 Å². The zero-order valence-electron chi connectivity index (χ0n) is 14.0. The molecule has 0 fully saturated rings. The van der Waals surface area contributed by atoms with Gasteiger partial charge in [-0.25, -0.2) is 0 Å². The van der Waals surface area contributed by atoms with E-state index in [1.54, 1.807) is 4.90 Å². The second kappa shape index (κ2) is 8.17. The molecule has 0 saturated carbocycles. The Bertz CT molecular complexity index is 466. The molecule has 1 amide bonds. The van der Waals surface area contributed by atoms with Crippen molar-refractivity contribution >= 4 is 5.91 Å². The fraction of sp³-hybridized carbons (Fsp3) is 0.750. The van der Waals surface area contributed by atoms with Crippen molar-refractivity contribution < 1.29 is 9.90 Å². The van der Waals surface area contributed by atoms with Gasteiger partial charge in [-0.05, 0) is 38.7 Å². The maximum Gasteiger partial charge on any atom is 0.222 e. The molecule has 1 N–H and O–H groups in total. The Hall–Kier alpha value is -1.36. The number of aliphatic hydroxyl groups excluding tert-OH is 1. The van der Waals surface area contributed by atoms with E-state index in [1.165, 1.54) is 11.3 Å². The van der Waals surface area contributed by atoms with Gasteiger partial charge < -0.3 is 10.0 Å². The van der Waals surface area contributed by atoms with E-state index in [9.17, 15) is 4.79 Å². The maximum atomic E-state index is 12.1. The SMILES string of the molecule is CCN(CCO)C(=O)CCc1c(C)nn(CC(C)C)c1C. The average Bonchev–Trinajstić information content (AvgIpc) is 2.67. The molecule has 1 rings (SSSR count). The minimum Gasteiger partial charge on any atom is -0.395 e. The van der Waals surface area contributed by atoms with E-state index in [0.29, 0.717) is 25.4 Å². The van der Waals surface area contributed by atoms with Gasteiger partial charge in [-0.2, -0.15) is 5.10 Å². The van der Waals surface area contributed by atoms with Crippen LogP contribution in [0.3, 0.4) is 0 Å². The molecule has 0 saturated heterocycles. The Morgan fingerprint density at radius 3 is 2.57 bits per heavy atom. The lowest BCUT2D eigenvalue weighted by Crippen LogP contribution is -2.33. The number of rotatable bonds is 8. The highest BCUT2D eigenvalue weighted by Crippen LogP contribution is 2.17. The third-order valence-corrected chi connectivity index (χ3v) is 3.76. The zero-order chi connectivity index (χ0) is 16.0. The first-order valence-electron chi connectivity index (χ1n) is 7.82. The zero-order valence-corrected chi connectivity index (χ0v) is 14.0. The van der Waals surface area contributed by atoms with Crippen LogP contribution in [0.5, 0.6) is 0 Å². The van der Waals surface area contributed by atoms with Crippen LogP contribution in [0.15, 0.2) is 0 Å². The third-order valence-electron chi connectivity index (χ3n) is 3.76. The van der Waals surface area contributed by atoms with E-state index in [1.807, 2.05) is 18.5 Å². The number of carbonyl (C=O) groups excluding carboxylic acids is 1. The van der Waals surface area contributed by atoms with E-state index < -0.39 is 0 Å². The molecule has 0 spiro atoms. The van der Waals surface area contributed by atoms with Crippen molar-refractivity contribution in [2.45, 2.75) is 54.0 Å². The molecule has 0 aliphatic carbocycles. The first-order valence-corrected chi connectivity index (χ1v) is 7.82. The summed E-state index contributed by atoms with van der Waals surface area (Å²) >= 11 is 0. The van der Waals surface area contributed by atoms with Gasteiger partial charge in [0, 0.05) is 31.7 Å². The van der Waals surface area contributed by atoms with Gasteiger partial charge in [-0.15, -0.1) is 0 Å². The van der Waals surface area contributed by atoms with E-state index in [4.69, 9.17) is 5.11 Å². The summed E-state index contributed by atoms with van der Waals surface area (Å²) in [5.41, 5.74) is 3.37. The van der Waals surface area contributed by atoms with Gasteiger partial charge in [0.15, 0.2) is 0 Å². The van der Waals surface area contributed by atoms with Crippen molar-refractivity contribution in [2.24, 2.45) is 5.92 Å². The summed E-state index contributed by atoms with van der Waals surface area (Å²) in [6, 6.07) is 0. The third kappa shape index (κ3) is 4.84. The molecule has 21 heavy (non-hydrogen) atoms. The Morgan fingerprint density at radius 1 is 1.38 bits per heavy atom. The number of amides is 1. The fourth-order valence-electron chi connectivity index (χ4n) is 2.59. The summed E-state index contributed by atoms with van der Waals surface area (Å²) in [7, 11) is 0.